The highest BCUT2D eigenvalue weighted by atomic mass is 19.1. The van der Waals surface area contributed by atoms with Crippen LogP contribution >= 0.6 is 0 Å². The molecule has 0 spiro atoms. The number of halogens is 1. The average Bonchev–Trinajstić information content (AvgIpc) is 2.97. The van der Waals surface area contributed by atoms with E-state index in [9.17, 15) is 4.39 Å². The normalized spacial score (nSPS) is 13.6. The third-order valence-electron chi connectivity index (χ3n) is 6.27. The van der Waals surface area contributed by atoms with E-state index < -0.39 is 0 Å². The van der Waals surface area contributed by atoms with E-state index in [0.717, 1.165) is 22.4 Å². The zero-order valence-corrected chi connectivity index (χ0v) is 17.5. The maximum absolute atomic E-state index is 14.7. The predicted octanol–water partition coefficient (Wildman–Crippen LogP) is 7.85. The first-order valence-corrected chi connectivity index (χ1v) is 10.3. The predicted molar refractivity (Wildman–Crippen MR) is 124 cm³/mol. The molecule has 148 valence electrons. The summed E-state index contributed by atoms with van der Waals surface area (Å²) in [5.41, 5.74) is 9.72. The molecule has 0 radical (unpaired) electrons. The largest absolute Gasteiger partial charge is 0.353 e. The van der Waals surface area contributed by atoms with Crippen molar-refractivity contribution in [1.82, 2.24) is 0 Å². The monoisotopic (exact) mass is 393 g/mol. The Morgan fingerprint density at radius 1 is 0.667 bits per heavy atom. The van der Waals surface area contributed by atoms with Crippen LogP contribution in [0, 0.1) is 12.7 Å². The molecule has 0 aliphatic heterocycles. The highest BCUT2D eigenvalue weighted by Crippen LogP contribution is 2.50. The van der Waals surface area contributed by atoms with E-state index in [1.54, 1.807) is 0 Å². The van der Waals surface area contributed by atoms with Gasteiger partial charge < -0.3 is 5.32 Å². The summed E-state index contributed by atoms with van der Waals surface area (Å²) in [5, 5.41) is 3.36. The van der Waals surface area contributed by atoms with Gasteiger partial charge in [0.1, 0.15) is 5.82 Å². The molecule has 0 fully saturated rings. The summed E-state index contributed by atoms with van der Waals surface area (Å²) in [6.45, 7) is 6.63. The van der Waals surface area contributed by atoms with Crippen LogP contribution in [-0.4, -0.2) is 0 Å². The van der Waals surface area contributed by atoms with Gasteiger partial charge >= 0.3 is 0 Å². The SMILES string of the molecule is Cc1cc2c(cc1Nc1cc(-c3ccccc3)ccc1F)-c1ccccc1C2(C)C. The number of aryl methyl sites for hydroxylation is 1. The molecule has 0 unspecified atom stereocenters. The maximum atomic E-state index is 14.7. The molecule has 0 amide bonds. The van der Waals surface area contributed by atoms with Crippen molar-refractivity contribution in [3.8, 4) is 22.3 Å². The molecule has 0 heterocycles. The minimum atomic E-state index is -0.254. The molecule has 4 aromatic rings. The fourth-order valence-corrected chi connectivity index (χ4v) is 4.57. The van der Waals surface area contributed by atoms with Crippen molar-refractivity contribution in [3.05, 3.63) is 107 Å². The second-order valence-electron chi connectivity index (χ2n) is 8.57. The van der Waals surface area contributed by atoms with Gasteiger partial charge in [-0.3, -0.25) is 0 Å². The van der Waals surface area contributed by atoms with Crippen LogP contribution in [0.2, 0.25) is 0 Å². The average molecular weight is 394 g/mol. The molecule has 4 aromatic carbocycles. The summed E-state index contributed by atoms with van der Waals surface area (Å²) in [5.74, 6) is -0.254. The van der Waals surface area contributed by atoms with Crippen molar-refractivity contribution in [2.75, 3.05) is 5.32 Å². The van der Waals surface area contributed by atoms with E-state index in [1.807, 2.05) is 42.5 Å². The lowest BCUT2D eigenvalue weighted by Gasteiger charge is -2.22. The van der Waals surface area contributed by atoms with Crippen molar-refractivity contribution in [3.63, 3.8) is 0 Å². The Labute approximate surface area is 177 Å². The molecular formula is C28H24FN. The third kappa shape index (κ3) is 2.91. The van der Waals surface area contributed by atoms with Crippen LogP contribution in [0.25, 0.3) is 22.3 Å². The minimum absolute atomic E-state index is 0.0340. The third-order valence-corrected chi connectivity index (χ3v) is 6.27. The number of rotatable bonds is 3. The summed E-state index contributed by atoms with van der Waals surface area (Å²) in [7, 11) is 0. The van der Waals surface area contributed by atoms with Crippen LogP contribution in [0.5, 0.6) is 0 Å². The molecule has 0 atom stereocenters. The van der Waals surface area contributed by atoms with E-state index in [-0.39, 0.29) is 11.2 Å². The van der Waals surface area contributed by atoms with Gasteiger partial charge in [0.05, 0.1) is 5.69 Å². The van der Waals surface area contributed by atoms with E-state index in [0.29, 0.717) is 5.69 Å². The molecular weight excluding hydrogens is 369 g/mol. The second-order valence-corrected chi connectivity index (χ2v) is 8.57. The molecule has 0 bridgehead atoms. The summed E-state index contributed by atoms with van der Waals surface area (Å²) in [4.78, 5) is 0. The van der Waals surface area contributed by atoms with E-state index in [1.165, 1.54) is 28.3 Å². The van der Waals surface area contributed by atoms with Crippen LogP contribution in [0.3, 0.4) is 0 Å². The molecule has 0 saturated heterocycles. The molecule has 1 aliphatic rings. The van der Waals surface area contributed by atoms with Crippen LogP contribution in [0.4, 0.5) is 15.8 Å². The van der Waals surface area contributed by atoms with Gasteiger partial charge in [0.25, 0.3) is 0 Å². The molecule has 2 heteroatoms. The topological polar surface area (TPSA) is 12.0 Å². The van der Waals surface area contributed by atoms with Crippen molar-refractivity contribution >= 4 is 11.4 Å². The van der Waals surface area contributed by atoms with Gasteiger partial charge in [0, 0.05) is 11.1 Å². The first-order valence-electron chi connectivity index (χ1n) is 10.3. The van der Waals surface area contributed by atoms with Crippen molar-refractivity contribution in [2.24, 2.45) is 0 Å². The fourth-order valence-electron chi connectivity index (χ4n) is 4.57. The summed E-state index contributed by atoms with van der Waals surface area (Å²) < 4.78 is 14.7. The van der Waals surface area contributed by atoms with Crippen molar-refractivity contribution < 1.29 is 4.39 Å². The van der Waals surface area contributed by atoms with Gasteiger partial charge in [-0.05, 0) is 64.1 Å². The molecule has 0 aromatic heterocycles. The molecule has 5 rings (SSSR count). The van der Waals surface area contributed by atoms with E-state index in [4.69, 9.17) is 0 Å². The highest BCUT2D eigenvalue weighted by Gasteiger charge is 2.35. The Kier molecular flexibility index (Phi) is 4.25. The van der Waals surface area contributed by atoms with Crippen LogP contribution in [0.1, 0.15) is 30.5 Å². The number of hydrogen-bond donors (Lipinski definition) is 1. The van der Waals surface area contributed by atoms with E-state index >= 15 is 0 Å². The summed E-state index contributed by atoms with van der Waals surface area (Å²) in [6.07, 6.45) is 0. The molecule has 0 saturated carbocycles. The van der Waals surface area contributed by atoms with Crippen molar-refractivity contribution in [1.29, 1.82) is 0 Å². The quantitative estimate of drug-likeness (QED) is 0.374. The minimum Gasteiger partial charge on any atom is -0.353 e. The van der Waals surface area contributed by atoms with Crippen molar-refractivity contribution in [2.45, 2.75) is 26.2 Å². The Balaban J connectivity index is 1.58. The Bertz CT molecular complexity index is 1260. The van der Waals surface area contributed by atoms with Crippen LogP contribution < -0.4 is 5.32 Å². The smallest absolute Gasteiger partial charge is 0.146 e. The first-order chi connectivity index (χ1) is 14.4. The number of benzene rings is 4. The number of nitrogens with one attached hydrogen (secondary N) is 1. The lowest BCUT2D eigenvalue weighted by molar-refractivity contribution is 0.632. The molecule has 1 aliphatic carbocycles. The van der Waals surface area contributed by atoms with Crippen LogP contribution in [0.15, 0.2) is 84.9 Å². The summed E-state index contributed by atoms with van der Waals surface area (Å²) in [6, 6.07) is 28.3. The lowest BCUT2D eigenvalue weighted by atomic mass is 9.82. The standard InChI is InChI=1S/C28H24FN/c1-18-15-24-22(21-11-7-8-12-23(21)28(24,2)3)17-26(18)30-27-16-20(13-14-25(27)29)19-9-5-4-6-10-19/h4-17,30H,1-3H3. The second kappa shape index (κ2) is 6.84. The van der Waals surface area contributed by atoms with Gasteiger partial charge in [-0.1, -0.05) is 80.6 Å². The zero-order valence-electron chi connectivity index (χ0n) is 17.5. The van der Waals surface area contributed by atoms with Gasteiger partial charge in [-0.2, -0.15) is 0 Å². The molecule has 30 heavy (non-hydrogen) atoms. The highest BCUT2D eigenvalue weighted by molar-refractivity contribution is 5.85. The molecule has 1 nitrogen and oxygen atoms in total. The number of anilines is 2. The first kappa shape index (κ1) is 18.6. The lowest BCUT2D eigenvalue weighted by Crippen LogP contribution is -2.15. The van der Waals surface area contributed by atoms with Gasteiger partial charge in [-0.15, -0.1) is 0 Å². The number of hydrogen-bond acceptors (Lipinski definition) is 1. The Hall–Kier alpha value is -3.39. The Morgan fingerprint density at radius 2 is 1.40 bits per heavy atom. The zero-order chi connectivity index (χ0) is 20.9. The fraction of sp³-hybridized carbons (Fsp3) is 0.143. The maximum Gasteiger partial charge on any atom is 0.146 e. The summed E-state index contributed by atoms with van der Waals surface area (Å²) >= 11 is 0. The number of fused-ring (bicyclic) bond motifs is 3. The van der Waals surface area contributed by atoms with Gasteiger partial charge in [0.2, 0.25) is 0 Å². The molecule has 1 N–H and O–H groups in total. The Morgan fingerprint density at radius 3 is 2.20 bits per heavy atom. The van der Waals surface area contributed by atoms with Crippen LogP contribution in [-0.2, 0) is 5.41 Å². The van der Waals surface area contributed by atoms with Gasteiger partial charge in [-0.25, -0.2) is 4.39 Å². The van der Waals surface area contributed by atoms with Gasteiger partial charge in [0.15, 0.2) is 0 Å². The van der Waals surface area contributed by atoms with E-state index in [2.05, 4.69) is 62.5 Å².